The summed E-state index contributed by atoms with van der Waals surface area (Å²) in [7, 11) is 0.101. The van der Waals surface area contributed by atoms with Gasteiger partial charge in [0, 0.05) is 81.6 Å². The van der Waals surface area contributed by atoms with Gasteiger partial charge in [0.2, 0.25) is 0 Å². The number of halogens is 1. The Bertz CT molecular complexity index is 1600. The van der Waals surface area contributed by atoms with E-state index in [2.05, 4.69) is 78.3 Å². The van der Waals surface area contributed by atoms with Gasteiger partial charge in [0.25, 0.3) is 5.91 Å². The van der Waals surface area contributed by atoms with Crippen molar-refractivity contribution >= 4 is 34.2 Å². The molecule has 0 spiro atoms. The predicted molar refractivity (Wildman–Crippen MR) is 219 cm³/mol. The Morgan fingerprint density at radius 3 is 2.62 bits per heavy atom. The van der Waals surface area contributed by atoms with Crippen LogP contribution in [0.2, 0.25) is 5.02 Å². The van der Waals surface area contributed by atoms with Gasteiger partial charge in [-0.05, 0) is 118 Å². The van der Waals surface area contributed by atoms with Crippen LogP contribution in [0.1, 0.15) is 94.1 Å². The molecule has 1 aliphatic carbocycles. The third-order valence-corrected chi connectivity index (χ3v) is 14.4. The molecule has 0 aromatic heterocycles. The molecule has 1 N–H and O–H groups in total. The number of anilines is 1. The highest BCUT2D eigenvalue weighted by Crippen LogP contribution is 2.45. The normalized spacial score (nSPS) is 30.9. The number of carbonyl (C=O) groups is 1. The Kier molecular flexibility index (Phi) is 14.0. The summed E-state index contributed by atoms with van der Waals surface area (Å²) in [6.07, 6.45) is 10.7. The van der Waals surface area contributed by atoms with Gasteiger partial charge in [0.05, 0.1) is 17.5 Å². The molecule has 3 heterocycles. The maximum absolute atomic E-state index is 13.9. The summed E-state index contributed by atoms with van der Waals surface area (Å²) in [5.74, 6) is 2.26. The number of hydrogen-bond donors (Lipinski definition) is 1. The molecule has 2 fully saturated rings. The van der Waals surface area contributed by atoms with Gasteiger partial charge in [-0.2, -0.15) is 0 Å². The van der Waals surface area contributed by atoms with Crippen LogP contribution >= 0.6 is 11.6 Å². The first-order valence-corrected chi connectivity index (χ1v) is 21.8. The molecule has 8 nitrogen and oxygen atoms in total. The minimum absolute atomic E-state index is 0.112. The SMILES string of the molecule is CCCc1cc(Cl)ccc1C1COc2ccc3cc2N(C1)CC1CCC1C(CN1CCN(C(C)C)C(C)C1)/C=C/CC(C)C(CCOC)S(=O)NC3=O. The number of nitrogens with zero attached hydrogens (tertiary/aromatic N) is 3. The topological polar surface area (TPSA) is 74.3 Å². The Morgan fingerprint density at radius 1 is 1.08 bits per heavy atom. The van der Waals surface area contributed by atoms with E-state index >= 15 is 0 Å². The summed E-state index contributed by atoms with van der Waals surface area (Å²) in [5, 5.41) is 0.540. The lowest BCUT2D eigenvalue weighted by molar-refractivity contribution is 0.0360. The van der Waals surface area contributed by atoms with Crippen LogP contribution in [0.4, 0.5) is 5.69 Å². The monoisotopic (exact) mass is 766 g/mol. The molecule has 10 heteroatoms. The fraction of sp³-hybridized carbons (Fsp3) is 0.651. The van der Waals surface area contributed by atoms with Crippen molar-refractivity contribution in [2.75, 3.05) is 64.5 Å². The molecular weight excluding hydrogens is 704 g/mol. The Hall–Kier alpha value is -2.43. The lowest BCUT2D eigenvalue weighted by Gasteiger charge is -2.47. The maximum Gasteiger partial charge on any atom is 0.263 e. The second-order valence-corrected chi connectivity index (χ2v) is 18.3. The molecule has 2 bridgehead atoms. The fourth-order valence-electron chi connectivity index (χ4n) is 9.42. The van der Waals surface area contributed by atoms with Crippen LogP contribution in [-0.4, -0.2) is 96.8 Å². The van der Waals surface area contributed by atoms with Gasteiger partial charge in [0.1, 0.15) is 16.7 Å². The van der Waals surface area contributed by atoms with E-state index in [0.717, 1.165) is 75.0 Å². The number of piperazine rings is 1. The molecule has 2 aromatic carbocycles. The minimum Gasteiger partial charge on any atom is -0.491 e. The number of benzene rings is 2. The summed E-state index contributed by atoms with van der Waals surface area (Å²) in [6.45, 7) is 18.5. The number of amides is 1. The summed E-state index contributed by atoms with van der Waals surface area (Å²) in [6, 6.07) is 13.1. The molecule has 4 aliphatic rings. The second kappa shape index (κ2) is 18.5. The molecule has 1 saturated heterocycles. The Balaban J connectivity index is 1.35. The van der Waals surface area contributed by atoms with Gasteiger partial charge in [-0.3, -0.25) is 19.3 Å². The van der Waals surface area contributed by atoms with Crippen molar-refractivity contribution in [1.82, 2.24) is 14.5 Å². The first-order chi connectivity index (χ1) is 25.6. The Morgan fingerprint density at radius 2 is 1.91 bits per heavy atom. The largest absolute Gasteiger partial charge is 0.491 e. The first-order valence-electron chi connectivity index (χ1n) is 20.2. The molecule has 6 rings (SSSR count). The molecule has 292 valence electrons. The summed E-state index contributed by atoms with van der Waals surface area (Å²) in [5.41, 5.74) is 4.03. The lowest BCUT2D eigenvalue weighted by Crippen LogP contribution is -2.55. The average molecular weight is 768 g/mol. The van der Waals surface area contributed by atoms with Crippen molar-refractivity contribution in [3.05, 3.63) is 70.3 Å². The van der Waals surface area contributed by atoms with Crippen molar-refractivity contribution in [1.29, 1.82) is 0 Å². The van der Waals surface area contributed by atoms with Crippen LogP contribution in [0, 0.1) is 23.7 Å². The van der Waals surface area contributed by atoms with E-state index in [4.69, 9.17) is 21.1 Å². The zero-order valence-electron chi connectivity index (χ0n) is 32.9. The van der Waals surface area contributed by atoms with Gasteiger partial charge in [0.15, 0.2) is 0 Å². The maximum atomic E-state index is 13.9. The van der Waals surface area contributed by atoms with Gasteiger partial charge >= 0.3 is 0 Å². The number of methoxy groups -OCH3 is 1. The number of allylic oxidation sites excluding steroid dienone is 1. The highest BCUT2D eigenvalue weighted by Gasteiger charge is 2.40. The molecule has 8 atom stereocenters. The van der Waals surface area contributed by atoms with Gasteiger partial charge in [-0.1, -0.05) is 50.1 Å². The van der Waals surface area contributed by atoms with Gasteiger partial charge in [-0.15, -0.1) is 0 Å². The fourth-order valence-corrected chi connectivity index (χ4v) is 10.9. The van der Waals surface area contributed by atoms with Crippen LogP contribution in [0.25, 0.3) is 0 Å². The number of rotatable bonds is 9. The zero-order valence-corrected chi connectivity index (χ0v) is 34.5. The standard InChI is InChI=1S/C43H63ClN4O4S/c1-7-9-32-22-37(44)14-16-38(32)36-27-47-26-35-12-15-39(35)34(25-46-19-20-48(29(2)3)31(5)24-46)11-8-10-30(4)42(18-21-51-6)53(50)45-43(49)33-13-17-41(52-28-36)40(47)23-33/h8,11,13-14,16-17,22-23,29-31,34-36,39,42H,7,9-10,12,15,18-21,24-28H2,1-6H3,(H,45,49)/b11-8+. The number of nitrogens with one attached hydrogen (secondary N) is 1. The highest BCUT2D eigenvalue weighted by molar-refractivity contribution is 7.84. The van der Waals surface area contributed by atoms with Crippen molar-refractivity contribution in [3.63, 3.8) is 0 Å². The number of hydrogen-bond acceptors (Lipinski definition) is 7. The summed E-state index contributed by atoms with van der Waals surface area (Å²) < 4.78 is 28.8. The predicted octanol–water partition coefficient (Wildman–Crippen LogP) is 7.73. The van der Waals surface area contributed by atoms with Crippen LogP contribution in [0.15, 0.2) is 48.6 Å². The van der Waals surface area contributed by atoms with E-state index in [9.17, 15) is 9.00 Å². The van der Waals surface area contributed by atoms with E-state index in [1.807, 2.05) is 24.3 Å². The number of fused-ring (bicyclic) bond motifs is 2. The molecule has 1 amide bonds. The van der Waals surface area contributed by atoms with Gasteiger partial charge < -0.3 is 14.4 Å². The third kappa shape index (κ3) is 9.69. The van der Waals surface area contributed by atoms with Crippen LogP contribution in [0.5, 0.6) is 5.75 Å². The second-order valence-electron chi connectivity index (χ2n) is 16.5. The lowest BCUT2D eigenvalue weighted by atomic mass is 9.66. The summed E-state index contributed by atoms with van der Waals surface area (Å²) >= 11 is 6.51. The van der Waals surface area contributed by atoms with E-state index in [0.29, 0.717) is 55.0 Å². The minimum atomic E-state index is -1.57. The van der Waals surface area contributed by atoms with E-state index in [1.165, 1.54) is 24.0 Å². The summed E-state index contributed by atoms with van der Waals surface area (Å²) in [4.78, 5) is 21.6. The molecule has 2 aromatic rings. The van der Waals surface area contributed by atoms with Crippen LogP contribution in [-0.2, 0) is 22.1 Å². The molecule has 53 heavy (non-hydrogen) atoms. The van der Waals surface area contributed by atoms with E-state index < -0.39 is 11.0 Å². The van der Waals surface area contributed by atoms with Crippen LogP contribution < -0.4 is 14.4 Å². The molecular formula is C43H63ClN4O4S. The van der Waals surface area contributed by atoms with E-state index in [-0.39, 0.29) is 23.0 Å². The third-order valence-electron chi connectivity index (χ3n) is 12.5. The molecule has 0 radical (unpaired) electrons. The molecule has 3 aliphatic heterocycles. The first kappa shape index (κ1) is 40.2. The van der Waals surface area contributed by atoms with Crippen molar-refractivity contribution in [2.45, 2.75) is 96.4 Å². The zero-order chi connectivity index (χ0) is 37.6. The number of ether oxygens (including phenoxy) is 2. The smallest absolute Gasteiger partial charge is 0.263 e. The van der Waals surface area contributed by atoms with Crippen molar-refractivity contribution in [3.8, 4) is 5.75 Å². The van der Waals surface area contributed by atoms with Crippen molar-refractivity contribution in [2.24, 2.45) is 23.7 Å². The number of aryl methyl sites for hydroxylation is 1. The van der Waals surface area contributed by atoms with Crippen LogP contribution in [0.3, 0.4) is 0 Å². The quantitative estimate of drug-likeness (QED) is 0.262. The highest BCUT2D eigenvalue weighted by atomic mass is 35.5. The van der Waals surface area contributed by atoms with E-state index in [1.54, 1.807) is 7.11 Å². The van der Waals surface area contributed by atoms with Crippen molar-refractivity contribution < 1.29 is 18.5 Å². The molecule has 8 unspecified atom stereocenters. The average Bonchev–Trinajstić information content (AvgIpc) is 3.29. The van der Waals surface area contributed by atoms with Gasteiger partial charge in [-0.25, -0.2) is 4.21 Å². The number of carbonyl (C=O) groups excluding carboxylic acids is 1. The molecule has 1 saturated carbocycles. The Labute approximate surface area is 326 Å².